The lowest BCUT2D eigenvalue weighted by Gasteiger charge is -2.16. The van der Waals surface area contributed by atoms with Crippen molar-refractivity contribution in [2.75, 3.05) is 19.4 Å². The number of hydrogen-bond acceptors (Lipinski definition) is 3. The summed E-state index contributed by atoms with van der Waals surface area (Å²) in [5, 5.41) is 3.84. The molecule has 0 saturated carbocycles. The van der Waals surface area contributed by atoms with E-state index in [9.17, 15) is 9.59 Å². The van der Waals surface area contributed by atoms with Crippen LogP contribution in [-0.2, 0) is 0 Å². The van der Waals surface area contributed by atoms with Gasteiger partial charge < -0.3 is 10.2 Å². The first kappa shape index (κ1) is 16.6. The van der Waals surface area contributed by atoms with E-state index in [0.29, 0.717) is 22.3 Å². The van der Waals surface area contributed by atoms with Crippen molar-refractivity contribution in [3.8, 4) is 0 Å². The Morgan fingerprint density at radius 1 is 1.00 bits per heavy atom. The second kappa shape index (κ2) is 6.73. The van der Waals surface area contributed by atoms with Crippen molar-refractivity contribution in [1.82, 2.24) is 9.88 Å². The molecule has 0 bridgehead atoms. The minimum Gasteiger partial charge on any atom is -0.345 e. The number of aromatic nitrogens is 1. The van der Waals surface area contributed by atoms with Gasteiger partial charge in [0.2, 0.25) is 0 Å². The van der Waals surface area contributed by atoms with Crippen molar-refractivity contribution in [3.05, 3.63) is 71.4 Å². The number of hydrogen-bond donors (Lipinski definition) is 1. The molecule has 0 spiro atoms. The SMILES string of the molecule is Cc1cccc(C(=O)N(C)C)c1C(=O)Nc1cccc2cccnc12. The van der Waals surface area contributed by atoms with Gasteiger partial charge in [-0.25, -0.2) is 0 Å². The Morgan fingerprint density at radius 2 is 1.72 bits per heavy atom. The third-order valence-corrected chi connectivity index (χ3v) is 4.02. The first-order valence-electron chi connectivity index (χ1n) is 7.95. The summed E-state index contributed by atoms with van der Waals surface area (Å²) in [6.45, 7) is 1.82. The molecular weight excluding hydrogens is 314 g/mol. The zero-order valence-corrected chi connectivity index (χ0v) is 14.4. The molecule has 0 radical (unpaired) electrons. The van der Waals surface area contributed by atoms with Crippen molar-refractivity contribution >= 4 is 28.4 Å². The van der Waals surface area contributed by atoms with Crippen LogP contribution in [0.2, 0.25) is 0 Å². The lowest BCUT2D eigenvalue weighted by Crippen LogP contribution is -2.26. The fourth-order valence-corrected chi connectivity index (χ4v) is 2.78. The van der Waals surface area contributed by atoms with Gasteiger partial charge in [-0.3, -0.25) is 14.6 Å². The van der Waals surface area contributed by atoms with Crippen LogP contribution in [0.15, 0.2) is 54.7 Å². The maximum Gasteiger partial charge on any atom is 0.256 e. The Bertz CT molecular complexity index is 959. The molecule has 0 aliphatic carbocycles. The Labute approximate surface area is 146 Å². The number of nitrogens with one attached hydrogen (secondary N) is 1. The van der Waals surface area contributed by atoms with Gasteiger partial charge in [0, 0.05) is 25.7 Å². The van der Waals surface area contributed by atoms with Crippen molar-refractivity contribution in [2.24, 2.45) is 0 Å². The van der Waals surface area contributed by atoms with Crippen LogP contribution in [0.3, 0.4) is 0 Å². The molecule has 5 nitrogen and oxygen atoms in total. The molecule has 1 aromatic heterocycles. The minimum absolute atomic E-state index is 0.204. The van der Waals surface area contributed by atoms with Crippen molar-refractivity contribution in [3.63, 3.8) is 0 Å². The molecule has 0 unspecified atom stereocenters. The summed E-state index contributed by atoms with van der Waals surface area (Å²) in [6, 6.07) is 14.7. The molecule has 0 aliphatic heterocycles. The number of fused-ring (bicyclic) bond motifs is 1. The molecule has 1 heterocycles. The Kier molecular flexibility index (Phi) is 4.48. The minimum atomic E-state index is -0.318. The van der Waals surface area contributed by atoms with Gasteiger partial charge in [0.25, 0.3) is 11.8 Å². The lowest BCUT2D eigenvalue weighted by molar-refractivity contribution is 0.0821. The first-order chi connectivity index (χ1) is 12.0. The van der Waals surface area contributed by atoms with Gasteiger partial charge in [-0.05, 0) is 30.7 Å². The summed E-state index contributed by atoms with van der Waals surface area (Å²) < 4.78 is 0. The van der Waals surface area contributed by atoms with Crippen LogP contribution in [0.1, 0.15) is 26.3 Å². The maximum absolute atomic E-state index is 12.9. The van der Waals surface area contributed by atoms with E-state index in [0.717, 1.165) is 10.9 Å². The third kappa shape index (κ3) is 3.21. The lowest BCUT2D eigenvalue weighted by atomic mass is 10.00. The van der Waals surface area contributed by atoms with Gasteiger partial charge >= 0.3 is 0 Å². The summed E-state index contributed by atoms with van der Waals surface area (Å²) in [6.07, 6.45) is 1.69. The van der Waals surface area contributed by atoms with Crippen LogP contribution in [-0.4, -0.2) is 35.8 Å². The molecule has 1 N–H and O–H groups in total. The Hall–Kier alpha value is -3.21. The normalized spacial score (nSPS) is 10.5. The highest BCUT2D eigenvalue weighted by Crippen LogP contribution is 2.23. The predicted octanol–water partition coefficient (Wildman–Crippen LogP) is 3.50. The average molecular weight is 333 g/mol. The molecule has 0 saturated heterocycles. The summed E-state index contributed by atoms with van der Waals surface area (Å²) in [5.41, 5.74) is 2.85. The molecule has 2 amide bonds. The Morgan fingerprint density at radius 3 is 2.48 bits per heavy atom. The van der Waals surface area contributed by atoms with E-state index in [-0.39, 0.29) is 11.8 Å². The van der Waals surface area contributed by atoms with Crippen LogP contribution >= 0.6 is 0 Å². The fraction of sp³-hybridized carbons (Fsp3) is 0.150. The highest BCUT2D eigenvalue weighted by molar-refractivity contribution is 6.14. The van der Waals surface area contributed by atoms with Crippen LogP contribution in [0.5, 0.6) is 0 Å². The second-order valence-electron chi connectivity index (χ2n) is 6.03. The molecule has 3 rings (SSSR count). The molecule has 25 heavy (non-hydrogen) atoms. The second-order valence-corrected chi connectivity index (χ2v) is 6.03. The third-order valence-electron chi connectivity index (χ3n) is 4.02. The number of carbonyl (C=O) groups excluding carboxylic acids is 2. The van der Waals surface area contributed by atoms with E-state index in [1.165, 1.54) is 4.90 Å². The van der Waals surface area contributed by atoms with Gasteiger partial charge in [-0.15, -0.1) is 0 Å². The molecule has 0 fully saturated rings. The maximum atomic E-state index is 12.9. The molecule has 126 valence electrons. The van der Waals surface area contributed by atoms with E-state index >= 15 is 0 Å². The summed E-state index contributed by atoms with van der Waals surface area (Å²) >= 11 is 0. The zero-order chi connectivity index (χ0) is 18.0. The molecular formula is C20H19N3O2. The summed E-state index contributed by atoms with van der Waals surface area (Å²) in [5.74, 6) is -0.522. The monoisotopic (exact) mass is 333 g/mol. The van der Waals surface area contributed by atoms with Crippen molar-refractivity contribution in [1.29, 1.82) is 0 Å². The Balaban J connectivity index is 2.03. The average Bonchev–Trinajstić information content (AvgIpc) is 2.61. The summed E-state index contributed by atoms with van der Waals surface area (Å²) in [7, 11) is 3.34. The van der Waals surface area contributed by atoms with Crippen LogP contribution < -0.4 is 5.32 Å². The van der Waals surface area contributed by atoms with Crippen LogP contribution in [0.25, 0.3) is 10.9 Å². The molecule has 2 aromatic carbocycles. The quantitative estimate of drug-likeness (QED) is 0.798. The van der Waals surface area contributed by atoms with Gasteiger partial charge in [0.05, 0.1) is 22.3 Å². The van der Waals surface area contributed by atoms with Gasteiger partial charge in [0.15, 0.2) is 0 Å². The van der Waals surface area contributed by atoms with Crippen molar-refractivity contribution < 1.29 is 9.59 Å². The zero-order valence-electron chi connectivity index (χ0n) is 14.4. The molecule has 5 heteroatoms. The number of rotatable bonds is 3. The number of carbonyl (C=O) groups is 2. The van der Waals surface area contributed by atoms with E-state index in [1.807, 2.05) is 37.3 Å². The van der Waals surface area contributed by atoms with Crippen LogP contribution in [0.4, 0.5) is 5.69 Å². The predicted molar refractivity (Wildman–Crippen MR) is 98.9 cm³/mol. The number of aryl methyl sites for hydroxylation is 1. The fourth-order valence-electron chi connectivity index (χ4n) is 2.78. The highest BCUT2D eigenvalue weighted by Gasteiger charge is 2.21. The highest BCUT2D eigenvalue weighted by atomic mass is 16.2. The van der Waals surface area contributed by atoms with E-state index in [2.05, 4.69) is 10.3 Å². The molecule has 3 aromatic rings. The van der Waals surface area contributed by atoms with E-state index in [4.69, 9.17) is 0 Å². The first-order valence-corrected chi connectivity index (χ1v) is 7.95. The van der Waals surface area contributed by atoms with Gasteiger partial charge in [-0.1, -0.05) is 30.3 Å². The van der Waals surface area contributed by atoms with E-state index in [1.54, 1.807) is 38.5 Å². The van der Waals surface area contributed by atoms with Crippen LogP contribution in [0, 0.1) is 6.92 Å². The topological polar surface area (TPSA) is 62.3 Å². The molecule has 0 atom stereocenters. The number of pyridine rings is 1. The standard InChI is InChI=1S/C20H19N3O2/c1-13-7-4-10-15(20(25)23(2)3)17(13)19(24)22-16-11-5-8-14-9-6-12-21-18(14)16/h4-12H,1-3H3,(H,22,24). The smallest absolute Gasteiger partial charge is 0.256 e. The van der Waals surface area contributed by atoms with Crippen molar-refractivity contribution in [2.45, 2.75) is 6.92 Å². The largest absolute Gasteiger partial charge is 0.345 e. The number of para-hydroxylation sites is 1. The summed E-state index contributed by atoms with van der Waals surface area (Å²) in [4.78, 5) is 31.1. The van der Waals surface area contributed by atoms with Gasteiger partial charge in [0.1, 0.15) is 0 Å². The number of benzene rings is 2. The number of amides is 2. The number of anilines is 1. The number of nitrogens with zero attached hydrogens (tertiary/aromatic N) is 2. The molecule has 0 aliphatic rings. The van der Waals surface area contributed by atoms with Gasteiger partial charge in [-0.2, -0.15) is 0 Å². The van der Waals surface area contributed by atoms with E-state index < -0.39 is 0 Å².